The fraction of sp³-hybridized carbons (Fsp3) is 0.625. The summed E-state index contributed by atoms with van der Waals surface area (Å²) in [7, 11) is 0. The second-order valence-corrected chi connectivity index (χ2v) is 5.29. The molecule has 2 rings (SSSR count). The summed E-state index contributed by atoms with van der Waals surface area (Å²) < 4.78 is 0. The molecule has 1 saturated heterocycles. The SMILES string of the molecule is OCCCC1CCCN1CCCc1ccccc1. The van der Waals surface area contributed by atoms with Crippen molar-refractivity contribution in [1.82, 2.24) is 4.90 Å². The molecule has 1 unspecified atom stereocenters. The van der Waals surface area contributed by atoms with Crippen molar-refractivity contribution in [1.29, 1.82) is 0 Å². The monoisotopic (exact) mass is 247 g/mol. The number of benzene rings is 1. The minimum Gasteiger partial charge on any atom is -0.396 e. The molecule has 0 aromatic heterocycles. The van der Waals surface area contributed by atoms with Crippen LogP contribution in [0.4, 0.5) is 0 Å². The van der Waals surface area contributed by atoms with Crippen molar-refractivity contribution in [2.75, 3.05) is 19.7 Å². The van der Waals surface area contributed by atoms with Gasteiger partial charge in [0.2, 0.25) is 0 Å². The third-order valence-corrected chi connectivity index (χ3v) is 3.95. The maximum absolute atomic E-state index is 8.92. The van der Waals surface area contributed by atoms with Crippen molar-refractivity contribution in [2.45, 2.75) is 44.6 Å². The maximum atomic E-state index is 8.92. The van der Waals surface area contributed by atoms with Crippen LogP contribution >= 0.6 is 0 Å². The van der Waals surface area contributed by atoms with Crippen molar-refractivity contribution in [3.05, 3.63) is 35.9 Å². The van der Waals surface area contributed by atoms with Crippen molar-refractivity contribution in [2.24, 2.45) is 0 Å². The number of hydrogen-bond acceptors (Lipinski definition) is 2. The van der Waals surface area contributed by atoms with E-state index >= 15 is 0 Å². The average Bonchev–Trinajstić information content (AvgIpc) is 2.85. The van der Waals surface area contributed by atoms with E-state index in [1.54, 1.807) is 0 Å². The van der Waals surface area contributed by atoms with Crippen LogP contribution in [-0.2, 0) is 6.42 Å². The van der Waals surface area contributed by atoms with Gasteiger partial charge in [-0.2, -0.15) is 0 Å². The van der Waals surface area contributed by atoms with E-state index in [9.17, 15) is 0 Å². The zero-order valence-corrected chi connectivity index (χ0v) is 11.2. The fourth-order valence-corrected chi connectivity index (χ4v) is 2.97. The highest BCUT2D eigenvalue weighted by Gasteiger charge is 2.22. The Morgan fingerprint density at radius 2 is 2.00 bits per heavy atom. The molecule has 2 heteroatoms. The molecule has 0 amide bonds. The Morgan fingerprint density at radius 3 is 2.78 bits per heavy atom. The predicted octanol–water partition coefficient (Wildman–Crippen LogP) is 2.86. The molecule has 0 spiro atoms. The molecule has 1 N–H and O–H groups in total. The molecule has 2 nitrogen and oxygen atoms in total. The molecule has 1 aliphatic heterocycles. The van der Waals surface area contributed by atoms with Gasteiger partial charge in [0.25, 0.3) is 0 Å². The first kappa shape index (κ1) is 13.6. The van der Waals surface area contributed by atoms with Gasteiger partial charge < -0.3 is 10.0 Å². The first-order chi connectivity index (χ1) is 8.90. The second-order valence-electron chi connectivity index (χ2n) is 5.29. The fourth-order valence-electron chi connectivity index (χ4n) is 2.97. The number of likely N-dealkylation sites (tertiary alicyclic amines) is 1. The van der Waals surface area contributed by atoms with Gasteiger partial charge >= 0.3 is 0 Å². The minimum absolute atomic E-state index is 0.342. The van der Waals surface area contributed by atoms with Crippen molar-refractivity contribution in [3.8, 4) is 0 Å². The molecule has 0 aliphatic carbocycles. The Kier molecular flexibility index (Phi) is 5.69. The summed E-state index contributed by atoms with van der Waals surface area (Å²) >= 11 is 0. The van der Waals surface area contributed by atoms with Crippen LogP contribution in [0, 0.1) is 0 Å². The topological polar surface area (TPSA) is 23.5 Å². The summed E-state index contributed by atoms with van der Waals surface area (Å²) in [6.45, 7) is 2.81. The van der Waals surface area contributed by atoms with E-state index in [4.69, 9.17) is 5.11 Å². The molecular weight excluding hydrogens is 222 g/mol. The number of nitrogens with zero attached hydrogens (tertiary/aromatic N) is 1. The first-order valence-corrected chi connectivity index (χ1v) is 7.29. The summed E-state index contributed by atoms with van der Waals surface area (Å²) in [5, 5.41) is 8.92. The average molecular weight is 247 g/mol. The van der Waals surface area contributed by atoms with Gasteiger partial charge in [-0.3, -0.25) is 0 Å². The molecule has 1 fully saturated rings. The van der Waals surface area contributed by atoms with E-state index in [2.05, 4.69) is 35.2 Å². The number of rotatable bonds is 7. The van der Waals surface area contributed by atoms with Gasteiger partial charge in [0.15, 0.2) is 0 Å². The molecule has 1 aromatic rings. The molecule has 0 bridgehead atoms. The Hall–Kier alpha value is -0.860. The molecule has 100 valence electrons. The molecule has 0 saturated carbocycles. The Morgan fingerprint density at radius 1 is 1.17 bits per heavy atom. The Labute approximate surface area is 111 Å². The van der Waals surface area contributed by atoms with Crippen molar-refractivity contribution >= 4 is 0 Å². The van der Waals surface area contributed by atoms with Gasteiger partial charge in [-0.1, -0.05) is 30.3 Å². The third-order valence-electron chi connectivity index (χ3n) is 3.95. The zero-order valence-electron chi connectivity index (χ0n) is 11.2. The summed E-state index contributed by atoms with van der Waals surface area (Å²) in [6.07, 6.45) is 7.22. The Balaban J connectivity index is 1.69. The van der Waals surface area contributed by atoms with E-state index < -0.39 is 0 Å². The quantitative estimate of drug-likeness (QED) is 0.801. The summed E-state index contributed by atoms with van der Waals surface area (Å²) in [4.78, 5) is 2.62. The number of hydrogen-bond donors (Lipinski definition) is 1. The van der Waals surface area contributed by atoms with Crippen LogP contribution in [0.25, 0.3) is 0 Å². The molecule has 18 heavy (non-hydrogen) atoms. The van der Waals surface area contributed by atoms with Crippen LogP contribution in [0.2, 0.25) is 0 Å². The lowest BCUT2D eigenvalue weighted by Crippen LogP contribution is -2.30. The predicted molar refractivity (Wildman–Crippen MR) is 75.7 cm³/mol. The standard InChI is InChI=1S/C16H25NO/c18-14-6-11-16-10-5-13-17(16)12-4-9-15-7-2-1-3-8-15/h1-3,7-8,16,18H,4-6,9-14H2. The van der Waals surface area contributed by atoms with E-state index in [1.807, 2.05) is 0 Å². The van der Waals surface area contributed by atoms with E-state index in [0.29, 0.717) is 6.61 Å². The van der Waals surface area contributed by atoms with Gasteiger partial charge in [-0.25, -0.2) is 0 Å². The van der Waals surface area contributed by atoms with E-state index in [-0.39, 0.29) is 0 Å². The lowest BCUT2D eigenvalue weighted by Gasteiger charge is -2.24. The van der Waals surface area contributed by atoms with Gasteiger partial charge in [-0.05, 0) is 57.2 Å². The number of aliphatic hydroxyl groups excluding tert-OH is 1. The lowest BCUT2D eigenvalue weighted by atomic mass is 10.1. The molecule has 0 radical (unpaired) electrons. The van der Waals surface area contributed by atoms with Crippen LogP contribution in [0.3, 0.4) is 0 Å². The van der Waals surface area contributed by atoms with Crippen molar-refractivity contribution in [3.63, 3.8) is 0 Å². The molecule has 1 aliphatic rings. The largest absolute Gasteiger partial charge is 0.396 e. The number of aryl methyl sites for hydroxylation is 1. The summed E-state index contributed by atoms with van der Waals surface area (Å²) in [5.74, 6) is 0. The normalized spacial score (nSPS) is 20.4. The molecule has 1 aromatic carbocycles. The summed E-state index contributed by atoms with van der Waals surface area (Å²) in [6, 6.07) is 11.5. The van der Waals surface area contributed by atoms with Crippen molar-refractivity contribution < 1.29 is 5.11 Å². The molecule has 1 atom stereocenters. The smallest absolute Gasteiger partial charge is 0.0431 e. The van der Waals surface area contributed by atoms with Crippen LogP contribution in [0.1, 0.15) is 37.7 Å². The minimum atomic E-state index is 0.342. The van der Waals surface area contributed by atoms with Gasteiger partial charge in [0, 0.05) is 12.6 Å². The van der Waals surface area contributed by atoms with Gasteiger partial charge in [0.05, 0.1) is 0 Å². The summed E-state index contributed by atoms with van der Waals surface area (Å²) in [5.41, 5.74) is 1.45. The maximum Gasteiger partial charge on any atom is 0.0431 e. The molecular formula is C16H25NO. The highest BCUT2D eigenvalue weighted by molar-refractivity contribution is 5.14. The third kappa shape index (κ3) is 4.11. The van der Waals surface area contributed by atoms with Gasteiger partial charge in [-0.15, -0.1) is 0 Å². The van der Waals surface area contributed by atoms with Crippen LogP contribution in [0.15, 0.2) is 30.3 Å². The first-order valence-electron chi connectivity index (χ1n) is 7.29. The Bertz CT molecular complexity index is 325. The van der Waals surface area contributed by atoms with E-state index in [1.165, 1.54) is 50.8 Å². The van der Waals surface area contributed by atoms with E-state index in [0.717, 1.165) is 12.5 Å². The lowest BCUT2D eigenvalue weighted by molar-refractivity contribution is 0.214. The van der Waals surface area contributed by atoms with Gasteiger partial charge in [0.1, 0.15) is 0 Å². The zero-order chi connectivity index (χ0) is 12.6. The van der Waals surface area contributed by atoms with Crippen LogP contribution in [0.5, 0.6) is 0 Å². The highest BCUT2D eigenvalue weighted by Crippen LogP contribution is 2.21. The number of aliphatic hydroxyl groups is 1. The van der Waals surface area contributed by atoms with Crippen LogP contribution in [-0.4, -0.2) is 35.7 Å². The van der Waals surface area contributed by atoms with Crippen LogP contribution < -0.4 is 0 Å². The second kappa shape index (κ2) is 7.55. The highest BCUT2D eigenvalue weighted by atomic mass is 16.2. The molecule has 1 heterocycles.